The number of hydrogen-bond donors (Lipinski definition) is 1. The molecule has 1 aliphatic heterocycles. The number of hydrogen-bond acceptors (Lipinski definition) is 4. The number of allylic oxidation sites excluding steroid dienone is 1. The van der Waals surface area contributed by atoms with E-state index < -0.39 is 0 Å². The van der Waals surface area contributed by atoms with Gasteiger partial charge < -0.3 is 10.3 Å². The molecule has 2 N–H and O–H groups in total. The summed E-state index contributed by atoms with van der Waals surface area (Å²) in [5.41, 5.74) is 7.57. The van der Waals surface area contributed by atoms with Crippen LogP contribution in [0.5, 0.6) is 0 Å². The molecule has 0 saturated heterocycles. The molecule has 2 rings (SSSR count). The average molecular weight is 245 g/mol. The lowest BCUT2D eigenvalue weighted by atomic mass is 10.1. The minimum atomic E-state index is -0.0154. The van der Waals surface area contributed by atoms with E-state index in [1.165, 1.54) is 6.08 Å². The van der Waals surface area contributed by atoms with Crippen LogP contribution in [0.3, 0.4) is 0 Å². The summed E-state index contributed by atoms with van der Waals surface area (Å²) in [6.07, 6.45) is 5.04. The third-order valence-electron chi connectivity index (χ3n) is 2.99. The standard InChI is InChI=1S/C13H15N3O2/c1-8-7-16(11(6-14)9(2)13(8)18)12-5-10(17)3-4-15-12/h4-5,7H,3,6,14H2,1-2H3. The second-order valence-electron chi connectivity index (χ2n) is 4.27. The summed E-state index contributed by atoms with van der Waals surface area (Å²) in [5.74, 6) is 0.509. The summed E-state index contributed by atoms with van der Waals surface area (Å²) < 4.78 is 1.72. The molecule has 5 heteroatoms. The molecule has 1 aliphatic rings. The van der Waals surface area contributed by atoms with Crippen molar-refractivity contribution in [3.63, 3.8) is 0 Å². The van der Waals surface area contributed by atoms with Gasteiger partial charge in [0.25, 0.3) is 0 Å². The van der Waals surface area contributed by atoms with Crippen molar-refractivity contribution < 1.29 is 4.79 Å². The van der Waals surface area contributed by atoms with Gasteiger partial charge >= 0.3 is 0 Å². The van der Waals surface area contributed by atoms with Gasteiger partial charge in [-0.25, -0.2) is 4.99 Å². The molecule has 0 aliphatic carbocycles. The summed E-state index contributed by atoms with van der Waals surface area (Å²) in [5, 5.41) is 0. The zero-order valence-corrected chi connectivity index (χ0v) is 10.4. The van der Waals surface area contributed by atoms with Gasteiger partial charge in [0.05, 0.1) is 0 Å². The van der Waals surface area contributed by atoms with Gasteiger partial charge in [0.15, 0.2) is 11.2 Å². The van der Waals surface area contributed by atoms with Crippen molar-refractivity contribution in [1.82, 2.24) is 4.57 Å². The molecule has 0 saturated carbocycles. The number of aryl methyl sites for hydroxylation is 1. The first-order valence-electron chi connectivity index (χ1n) is 5.74. The second-order valence-corrected chi connectivity index (χ2v) is 4.27. The summed E-state index contributed by atoms with van der Waals surface area (Å²) in [4.78, 5) is 27.5. The van der Waals surface area contributed by atoms with Gasteiger partial charge in [-0.3, -0.25) is 9.59 Å². The highest BCUT2D eigenvalue weighted by molar-refractivity contribution is 6.05. The van der Waals surface area contributed by atoms with Gasteiger partial charge in [-0.05, 0) is 13.8 Å². The Labute approximate surface area is 105 Å². The minimum absolute atomic E-state index is 0.00280. The van der Waals surface area contributed by atoms with Crippen LogP contribution in [0, 0.1) is 13.8 Å². The van der Waals surface area contributed by atoms with Crippen molar-refractivity contribution in [3.8, 4) is 0 Å². The number of rotatable bonds is 2. The highest BCUT2D eigenvalue weighted by Crippen LogP contribution is 2.16. The molecule has 94 valence electrons. The van der Waals surface area contributed by atoms with Crippen LogP contribution in [0.25, 0.3) is 5.82 Å². The Morgan fingerprint density at radius 3 is 2.72 bits per heavy atom. The number of aliphatic imine (C=N–C) groups is 1. The topological polar surface area (TPSA) is 77.4 Å². The maximum Gasteiger partial charge on any atom is 0.187 e. The van der Waals surface area contributed by atoms with Crippen LogP contribution in [-0.2, 0) is 11.3 Å². The second kappa shape index (κ2) is 4.70. The van der Waals surface area contributed by atoms with E-state index in [-0.39, 0.29) is 17.8 Å². The molecular formula is C13H15N3O2. The third-order valence-corrected chi connectivity index (χ3v) is 2.99. The van der Waals surface area contributed by atoms with Crippen LogP contribution < -0.4 is 11.2 Å². The maximum absolute atomic E-state index is 11.9. The predicted octanol–water partition coefficient (Wildman–Crippen LogP) is 0.766. The molecule has 0 amide bonds. The van der Waals surface area contributed by atoms with Crippen molar-refractivity contribution in [2.75, 3.05) is 0 Å². The summed E-state index contributed by atoms with van der Waals surface area (Å²) in [6, 6.07) is 0. The van der Waals surface area contributed by atoms with Gasteiger partial charge in [0.1, 0.15) is 5.82 Å². The van der Waals surface area contributed by atoms with Crippen molar-refractivity contribution in [2.45, 2.75) is 26.8 Å². The number of nitrogens with two attached hydrogens (primary N) is 1. The Morgan fingerprint density at radius 2 is 2.11 bits per heavy atom. The first-order chi connectivity index (χ1) is 8.54. The molecule has 0 fully saturated rings. The lowest BCUT2D eigenvalue weighted by molar-refractivity contribution is -0.113. The molecule has 0 bridgehead atoms. The van der Waals surface area contributed by atoms with Crippen molar-refractivity contribution in [2.24, 2.45) is 10.7 Å². The van der Waals surface area contributed by atoms with E-state index >= 15 is 0 Å². The molecule has 0 radical (unpaired) electrons. The van der Waals surface area contributed by atoms with E-state index in [0.29, 0.717) is 29.1 Å². The number of aromatic nitrogens is 1. The Kier molecular flexibility index (Phi) is 3.25. The highest BCUT2D eigenvalue weighted by Gasteiger charge is 2.14. The number of carbonyl (C=O) groups is 1. The number of ketones is 1. The quantitative estimate of drug-likeness (QED) is 0.835. The van der Waals surface area contributed by atoms with Crippen LogP contribution in [-0.4, -0.2) is 16.6 Å². The number of pyridine rings is 1. The fourth-order valence-electron chi connectivity index (χ4n) is 1.99. The molecule has 0 atom stereocenters. The maximum atomic E-state index is 11.9. The van der Waals surface area contributed by atoms with E-state index in [9.17, 15) is 9.59 Å². The van der Waals surface area contributed by atoms with Crippen LogP contribution >= 0.6 is 0 Å². The molecule has 1 aromatic heterocycles. The third kappa shape index (κ3) is 2.04. The number of carbonyl (C=O) groups excluding carboxylic acids is 1. The predicted molar refractivity (Wildman–Crippen MR) is 70.5 cm³/mol. The van der Waals surface area contributed by atoms with Gasteiger partial charge in [-0.1, -0.05) is 0 Å². The largest absolute Gasteiger partial charge is 0.325 e. The van der Waals surface area contributed by atoms with E-state index in [2.05, 4.69) is 4.99 Å². The summed E-state index contributed by atoms with van der Waals surface area (Å²) in [6.45, 7) is 3.70. The van der Waals surface area contributed by atoms with Gasteiger partial charge in [-0.2, -0.15) is 0 Å². The van der Waals surface area contributed by atoms with Crippen LogP contribution in [0.2, 0.25) is 0 Å². The van der Waals surface area contributed by atoms with E-state index in [4.69, 9.17) is 5.73 Å². The average Bonchev–Trinajstić information content (AvgIpc) is 2.35. The van der Waals surface area contributed by atoms with Crippen molar-refractivity contribution in [1.29, 1.82) is 0 Å². The van der Waals surface area contributed by atoms with Gasteiger partial charge in [0, 0.05) is 48.3 Å². The Bertz CT molecular complexity index is 624. The molecule has 0 aromatic carbocycles. The molecule has 1 aromatic rings. The highest BCUT2D eigenvalue weighted by atomic mass is 16.1. The summed E-state index contributed by atoms with van der Waals surface area (Å²) in [7, 11) is 0. The van der Waals surface area contributed by atoms with E-state index in [1.54, 1.807) is 30.8 Å². The Morgan fingerprint density at radius 1 is 1.39 bits per heavy atom. The van der Waals surface area contributed by atoms with Crippen LogP contribution in [0.15, 0.2) is 22.1 Å². The molecule has 0 spiro atoms. The molecule has 18 heavy (non-hydrogen) atoms. The lowest BCUT2D eigenvalue weighted by Gasteiger charge is -2.17. The monoisotopic (exact) mass is 245 g/mol. The van der Waals surface area contributed by atoms with Gasteiger partial charge in [0.2, 0.25) is 0 Å². The normalized spacial score (nSPS) is 14.8. The lowest BCUT2D eigenvalue weighted by Crippen LogP contribution is -2.22. The first kappa shape index (κ1) is 12.4. The Balaban J connectivity index is 2.68. The van der Waals surface area contributed by atoms with E-state index in [1.807, 2.05) is 0 Å². The van der Waals surface area contributed by atoms with Crippen LogP contribution in [0.4, 0.5) is 0 Å². The van der Waals surface area contributed by atoms with Crippen molar-refractivity contribution >= 4 is 17.8 Å². The van der Waals surface area contributed by atoms with Gasteiger partial charge in [-0.15, -0.1) is 0 Å². The molecule has 0 unspecified atom stereocenters. The SMILES string of the molecule is Cc1cn(C2=CC(=O)CC=N2)c(CN)c(C)c1=O. The molecular weight excluding hydrogens is 230 g/mol. The van der Waals surface area contributed by atoms with Crippen LogP contribution in [0.1, 0.15) is 23.2 Å². The summed E-state index contributed by atoms with van der Waals surface area (Å²) >= 11 is 0. The zero-order chi connectivity index (χ0) is 13.3. The van der Waals surface area contributed by atoms with Crippen molar-refractivity contribution in [3.05, 3.63) is 39.3 Å². The molecule has 2 heterocycles. The number of nitrogens with zero attached hydrogens (tertiary/aromatic N) is 2. The first-order valence-corrected chi connectivity index (χ1v) is 5.74. The minimum Gasteiger partial charge on any atom is -0.325 e. The smallest absolute Gasteiger partial charge is 0.187 e. The van der Waals surface area contributed by atoms with E-state index in [0.717, 1.165) is 0 Å². The molecule has 5 nitrogen and oxygen atoms in total. The Hall–Kier alpha value is -2.01. The fourth-order valence-corrected chi connectivity index (χ4v) is 1.99. The zero-order valence-electron chi connectivity index (χ0n) is 10.4. The fraction of sp³-hybridized carbons (Fsp3) is 0.308.